The van der Waals surface area contributed by atoms with Gasteiger partial charge in [0.05, 0.1) is 30.5 Å². The van der Waals surface area contributed by atoms with E-state index in [9.17, 15) is 23.4 Å². The van der Waals surface area contributed by atoms with Gasteiger partial charge in [-0.1, -0.05) is 18.2 Å². The molecule has 3 heterocycles. The van der Waals surface area contributed by atoms with E-state index < -0.39 is 30.2 Å². The molecule has 4 unspecified atom stereocenters. The van der Waals surface area contributed by atoms with Gasteiger partial charge in [0, 0.05) is 32.2 Å². The van der Waals surface area contributed by atoms with Gasteiger partial charge in [-0.15, -0.1) is 0 Å². The molecule has 4 fully saturated rings. The molecule has 0 aromatic heterocycles. The zero-order chi connectivity index (χ0) is 32.4. The number of alkyl halides is 3. The first kappa shape index (κ1) is 35.5. The molecule has 4 aliphatic rings. The molecule has 1 aliphatic carbocycles. The lowest BCUT2D eigenvalue weighted by atomic mass is 9.87. The van der Waals surface area contributed by atoms with Crippen LogP contribution in [0.15, 0.2) is 36.4 Å². The minimum absolute atomic E-state index is 0.0403. The molecule has 1 aromatic carbocycles. The van der Waals surface area contributed by atoms with Crippen molar-refractivity contribution in [1.82, 2.24) is 0 Å². The Morgan fingerprint density at radius 1 is 0.870 bits per heavy atom. The Labute approximate surface area is 269 Å². The summed E-state index contributed by atoms with van der Waals surface area (Å²) >= 11 is 0. The lowest BCUT2D eigenvalue weighted by Gasteiger charge is -2.31. The van der Waals surface area contributed by atoms with Gasteiger partial charge in [0.15, 0.2) is 18.9 Å². The Hall–Kier alpha value is -1.77. The van der Waals surface area contributed by atoms with Crippen molar-refractivity contribution >= 4 is 0 Å². The Balaban J connectivity index is 1.36. The lowest BCUT2D eigenvalue weighted by Crippen LogP contribution is -2.34. The van der Waals surface area contributed by atoms with Crippen LogP contribution in [-0.2, 0) is 34.6 Å². The van der Waals surface area contributed by atoms with Crippen molar-refractivity contribution in [2.45, 2.75) is 120 Å². The van der Waals surface area contributed by atoms with E-state index in [1.54, 1.807) is 0 Å². The van der Waals surface area contributed by atoms with E-state index in [1.165, 1.54) is 12.1 Å². The van der Waals surface area contributed by atoms with Crippen molar-refractivity contribution in [3.05, 3.63) is 42.0 Å². The van der Waals surface area contributed by atoms with Crippen LogP contribution in [0, 0.1) is 11.8 Å². The van der Waals surface area contributed by atoms with E-state index in [0.717, 1.165) is 63.5 Å². The number of rotatable bonds is 14. The van der Waals surface area contributed by atoms with Crippen LogP contribution in [0.2, 0.25) is 0 Å². The van der Waals surface area contributed by atoms with Gasteiger partial charge >= 0.3 is 6.18 Å². The average molecular weight is 659 g/mol. The van der Waals surface area contributed by atoms with Gasteiger partial charge in [0.1, 0.15) is 18.5 Å². The zero-order valence-electron chi connectivity index (χ0n) is 26.4. The maximum atomic E-state index is 13.3. The van der Waals surface area contributed by atoms with Gasteiger partial charge in [0.2, 0.25) is 0 Å². The summed E-state index contributed by atoms with van der Waals surface area (Å²) in [7, 11) is 0. The van der Waals surface area contributed by atoms with Gasteiger partial charge in [-0.05, 0) is 88.3 Å². The molecule has 3 aliphatic heterocycles. The highest BCUT2D eigenvalue weighted by Gasteiger charge is 2.46. The van der Waals surface area contributed by atoms with Crippen molar-refractivity contribution in [3.63, 3.8) is 0 Å². The van der Waals surface area contributed by atoms with E-state index >= 15 is 0 Å². The molecule has 3 saturated heterocycles. The fraction of sp³-hybridized carbons (Fsp3) is 0.765. The summed E-state index contributed by atoms with van der Waals surface area (Å²) < 4.78 is 82.8. The van der Waals surface area contributed by atoms with Crippen molar-refractivity contribution in [2.24, 2.45) is 11.8 Å². The number of aliphatic hydroxyl groups is 2. The number of aliphatic hydroxyl groups excluding tert-OH is 2. The topological polar surface area (TPSA) is 105 Å². The Morgan fingerprint density at radius 2 is 1.50 bits per heavy atom. The van der Waals surface area contributed by atoms with Crippen molar-refractivity contribution in [1.29, 1.82) is 0 Å². The summed E-state index contributed by atoms with van der Waals surface area (Å²) in [5.41, 5.74) is -0.789. The summed E-state index contributed by atoms with van der Waals surface area (Å²) in [6, 6.07) is 4.78. The lowest BCUT2D eigenvalue weighted by molar-refractivity contribution is -0.204. The van der Waals surface area contributed by atoms with E-state index in [-0.39, 0.29) is 62.0 Å². The third-order valence-electron chi connectivity index (χ3n) is 9.14. The molecule has 9 atom stereocenters. The van der Waals surface area contributed by atoms with Gasteiger partial charge < -0.3 is 43.4 Å². The number of benzene rings is 1. The Morgan fingerprint density at radius 3 is 2.09 bits per heavy atom. The SMILES string of the molecule is OCC(O)C[C@@H]1[C@@H](C=C[C@H](COc2cccc(C(F)(F)F)c2)OC2CCCCO2)[C@H](OC2CCCCO2)C[C@@H]1OC1CCCCO1. The summed E-state index contributed by atoms with van der Waals surface area (Å²) in [6.45, 7) is 1.41. The van der Waals surface area contributed by atoms with Gasteiger partial charge in [-0.2, -0.15) is 13.2 Å². The van der Waals surface area contributed by atoms with E-state index in [2.05, 4.69) is 0 Å². The third kappa shape index (κ3) is 10.6. The summed E-state index contributed by atoms with van der Waals surface area (Å²) in [5, 5.41) is 20.3. The molecular formula is C34H49F3O9. The normalized spacial score (nSPS) is 32.4. The monoisotopic (exact) mass is 658 g/mol. The first-order chi connectivity index (χ1) is 22.3. The van der Waals surface area contributed by atoms with E-state index in [4.69, 9.17) is 33.2 Å². The largest absolute Gasteiger partial charge is 0.491 e. The van der Waals surface area contributed by atoms with Gasteiger partial charge in [-0.3, -0.25) is 0 Å². The Bertz CT molecular complexity index is 1050. The molecule has 0 radical (unpaired) electrons. The van der Waals surface area contributed by atoms with Crippen LogP contribution < -0.4 is 4.74 Å². The third-order valence-corrected chi connectivity index (χ3v) is 9.14. The maximum absolute atomic E-state index is 13.3. The molecule has 2 N–H and O–H groups in total. The van der Waals surface area contributed by atoms with Gasteiger partial charge in [-0.25, -0.2) is 0 Å². The minimum Gasteiger partial charge on any atom is -0.491 e. The number of ether oxygens (including phenoxy) is 7. The van der Waals surface area contributed by atoms with Crippen LogP contribution in [0.25, 0.3) is 0 Å². The summed E-state index contributed by atoms with van der Waals surface area (Å²) in [6.07, 6.45) is 4.96. The molecule has 0 spiro atoms. The second-order valence-electron chi connectivity index (χ2n) is 12.7. The molecule has 1 saturated carbocycles. The molecule has 260 valence electrons. The van der Waals surface area contributed by atoms with Crippen molar-refractivity contribution in [2.75, 3.05) is 33.0 Å². The second kappa shape index (κ2) is 17.6. The van der Waals surface area contributed by atoms with Crippen LogP contribution in [0.3, 0.4) is 0 Å². The quantitative estimate of drug-likeness (QED) is 0.242. The zero-order valence-corrected chi connectivity index (χ0v) is 26.4. The number of halogens is 3. The summed E-state index contributed by atoms with van der Waals surface area (Å²) in [5.74, 6) is -0.372. The van der Waals surface area contributed by atoms with Crippen LogP contribution in [0.5, 0.6) is 5.75 Å². The van der Waals surface area contributed by atoms with Gasteiger partial charge in [0.25, 0.3) is 0 Å². The molecule has 46 heavy (non-hydrogen) atoms. The second-order valence-corrected chi connectivity index (χ2v) is 12.7. The molecule has 0 bridgehead atoms. The van der Waals surface area contributed by atoms with Crippen molar-refractivity contribution < 1.29 is 56.5 Å². The van der Waals surface area contributed by atoms with E-state index in [0.29, 0.717) is 32.7 Å². The van der Waals surface area contributed by atoms with Crippen LogP contribution in [0.1, 0.15) is 76.2 Å². The van der Waals surface area contributed by atoms with Crippen LogP contribution in [0.4, 0.5) is 13.2 Å². The molecule has 0 amide bonds. The molecule has 12 heteroatoms. The fourth-order valence-electron chi connectivity index (χ4n) is 6.72. The smallest absolute Gasteiger partial charge is 0.416 e. The first-order valence-corrected chi connectivity index (χ1v) is 16.9. The first-order valence-electron chi connectivity index (χ1n) is 16.9. The molecule has 5 rings (SSSR count). The number of hydrogen-bond acceptors (Lipinski definition) is 9. The highest BCUT2D eigenvalue weighted by molar-refractivity contribution is 5.30. The molecule has 1 aromatic rings. The number of hydrogen-bond donors (Lipinski definition) is 2. The minimum atomic E-state index is -4.49. The maximum Gasteiger partial charge on any atom is 0.416 e. The van der Waals surface area contributed by atoms with Crippen molar-refractivity contribution in [3.8, 4) is 5.75 Å². The van der Waals surface area contributed by atoms with Crippen LogP contribution in [-0.4, -0.2) is 86.5 Å². The Kier molecular flexibility index (Phi) is 13.6. The predicted octanol–water partition coefficient (Wildman–Crippen LogP) is 5.76. The standard InChI is InChI=1S/C34H49F3O9/c35-34(36,37)23-8-7-9-25(18-23)43-22-26(44-31-10-1-4-15-40-31)13-14-27-28(19-24(39)21-38)30(46-33-12-3-6-17-42-33)20-29(27)45-32-11-2-5-16-41-32/h7-9,13-14,18,24,26-33,38-39H,1-6,10-12,15-17,19-22H2/t24?,26-,27-,28-,29-,30+,31?,32?,33?/m1/s1. The average Bonchev–Trinajstić information content (AvgIpc) is 3.37. The highest BCUT2D eigenvalue weighted by atomic mass is 19.4. The highest BCUT2D eigenvalue weighted by Crippen LogP contribution is 2.42. The van der Waals surface area contributed by atoms with Crippen LogP contribution >= 0.6 is 0 Å². The fourth-order valence-corrected chi connectivity index (χ4v) is 6.72. The molecule has 9 nitrogen and oxygen atoms in total. The summed E-state index contributed by atoms with van der Waals surface area (Å²) in [4.78, 5) is 0. The van der Waals surface area contributed by atoms with E-state index in [1.807, 2.05) is 12.2 Å². The molecular weight excluding hydrogens is 609 g/mol. The predicted molar refractivity (Wildman–Crippen MR) is 161 cm³/mol.